The molecule has 1 rings (SSSR count). The number of rotatable bonds is 4. The van der Waals surface area contributed by atoms with Gasteiger partial charge in [-0.2, -0.15) is 0 Å². The molecule has 96 valence electrons. The van der Waals surface area contributed by atoms with E-state index in [1.165, 1.54) is 12.1 Å². The van der Waals surface area contributed by atoms with Crippen molar-refractivity contribution in [3.63, 3.8) is 0 Å². The molecule has 0 aliphatic heterocycles. The molecule has 17 heavy (non-hydrogen) atoms. The van der Waals surface area contributed by atoms with Crippen molar-refractivity contribution in [1.82, 2.24) is 0 Å². The summed E-state index contributed by atoms with van der Waals surface area (Å²) in [6, 6.07) is 2.70. The average molecular weight is 370 g/mol. The molecule has 1 atom stereocenters. The highest BCUT2D eigenvalue weighted by Gasteiger charge is 2.25. The van der Waals surface area contributed by atoms with Gasteiger partial charge in [0.05, 0.1) is 4.47 Å². The third-order valence-electron chi connectivity index (χ3n) is 2.63. The van der Waals surface area contributed by atoms with E-state index in [0.717, 1.165) is 6.42 Å². The second-order valence-corrected chi connectivity index (χ2v) is 7.57. The third-order valence-corrected chi connectivity index (χ3v) is 3.56. The minimum atomic E-state index is -0.486. The fourth-order valence-corrected chi connectivity index (χ4v) is 3.29. The van der Waals surface area contributed by atoms with Crippen LogP contribution in [0.2, 0.25) is 0 Å². The van der Waals surface area contributed by atoms with Gasteiger partial charge in [0, 0.05) is 10.4 Å². The molecule has 0 fully saturated rings. The predicted octanol–water partition coefficient (Wildman–Crippen LogP) is 5.47. The van der Waals surface area contributed by atoms with Gasteiger partial charge in [-0.3, -0.25) is 0 Å². The molecule has 4 heteroatoms. The minimum absolute atomic E-state index is 0.147. The Morgan fingerprint density at radius 1 is 1.29 bits per heavy atom. The van der Waals surface area contributed by atoms with Crippen LogP contribution in [0.5, 0.6) is 0 Å². The van der Waals surface area contributed by atoms with Crippen LogP contribution in [0.25, 0.3) is 0 Å². The van der Waals surface area contributed by atoms with Gasteiger partial charge >= 0.3 is 0 Å². The SMILES string of the molecule is CC(Br)CC(C)(C)Cc1c(F)ccc(Br)c1F. The Morgan fingerprint density at radius 2 is 1.88 bits per heavy atom. The Labute approximate surface area is 118 Å². The lowest BCUT2D eigenvalue weighted by molar-refractivity contribution is 0.323. The molecule has 0 saturated carbocycles. The minimum Gasteiger partial charge on any atom is -0.207 e. The number of hydrogen-bond acceptors (Lipinski definition) is 0. The maximum Gasteiger partial charge on any atom is 0.143 e. The highest BCUT2D eigenvalue weighted by Crippen LogP contribution is 2.33. The first-order chi connectivity index (χ1) is 7.73. The topological polar surface area (TPSA) is 0 Å². The summed E-state index contributed by atoms with van der Waals surface area (Å²) in [5.41, 5.74) is 0.0169. The highest BCUT2D eigenvalue weighted by molar-refractivity contribution is 9.10. The van der Waals surface area contributed by atoms with Crippen LogP contribution in [-0.4, -0.2) is 4.83 Å². The molecule has 0 aliphatic rings. The van der Waals surface area contributed by atoms with E-state index in [9.17, 15) is 8.78 Å². The number of hydrogen-bond donors (Lipinski definition) is 0. The maximum atomic E-state index is 13.8. The van der Waals surface area contributed by atoms with E-state index in [1.54, 1.807) is 0 Å². The van der Waals surface area contributed by atoms with Gasteiger partial charge in [0.1, 0.15) is 11.6 Å². The monoisotopic (exact) mass is 368 g/mol. The standard InChI is InChI=1S/C13H16Br2F2/c1-8(14)6-13(2,3)7-9-11(16)5-4-10(15)12(9)17/h4-5,8H,6-7H2,1-3H3. The third kappa shape index (κ3) is 4.32. The molecule has 1 aromatic carbocycles. The van der Waals surface area contributed by atoms with Gasteiger partial charge in [-0.1, -0.05) is 36.7 Å². The van der Waals surface area contributed by atoms with Crippen molar-refractivity contribution in [1.29, 1.82) is 0 Å². The van der Waals surface area contributed by atoms with E-state index < -0.39 is 11.6 Å². The lowest BCUT2D eigenvalue weighted by Gasteiger charge is -2.26. The van der Waals surface area contributed by atoms with Crippen LogP contribution in [0, 0.1) is 17.0 Å². The first kappa shape index (κ1) is 15.1. The smallest absolute Gasteiger partial charge is 0.143 e. The van der Waals surface area contributed by atoms with Gasteiger partial charge in [-0.25, -0.2) is 8.78 Å². The normalized spacial score (nSPS) is 13.8. The summed E-state index contributed by atoms with van der Waals surface area (Å²) >= 11 is 6.57. The van der Waals surface area contributed by atoms with Gasteiger partial charge in [-0.15, -0.1) is 0 Å². The van der Waals surface area contributed by atoms with Crippen LogP contribution in [0.15, 0.2) is 16.6 Å². The van der Waals surface area contributed by atoms with Crippen LogP contribution in [0.3, 0.4) is 0 Å². The molecular weight excluding hydrogens is 354 g/mol. The van der Waals surface area contributed by atoms with Gasteiger partial charge in [0.25, 0.3) is 0 Å². The number of halogens is 4. The fraction of sp³-hybridized carbons (Fsp3) is 0.538. The van der Waals surface area contributed by atoms with E-state index in [2.05, 4.69) is 31.9 Å². The summed E-state index contributed by atoms with van der Waals surface area (Å²) in [6.07, 6.45) is 1.25. The van der Waals surface area contributed by atoms with Crippen LogP contribution in [0.1, 0.15) is 32.8 Å². The summed E-state index contributed by atoms with van der Waals surface area (Å²) < 4.78 is 27.8. The lowest BCUT2D eigenvalue weighted by Crippen LogP contribution is -2.20. The fourth-order valence-electron chi connectivity index (χ4n) is 2.04. The van der Waals surface area contributed by atoms with Crippen LogP contribution in [-0.2, 0) is 6.42 Å². The van der Waals surface area contributed by atoms with Crippen molar-refractivity contribution in [3.05, 3.63) is 33.8 Å². The van der Waals surface area contributed by atoms with Crippen molar-refractivity contribution in [2.24, 2.45) is 5.41 Å². The van der Waals surface area contributed by atoms with Gasteiger partial charge in [0.2, 0.25) is 0 Å². The quantitative estimate of drug-likeness (QED) is 0.487. The Morgan fingerprint density at radius 3 is 2.41 bits per heavy atom. The van der Waals surface area contributed by atoms with Crippen molar-refractivity contribution in [2.75, 3.05) is 0 Å². The molecular formula is C13H16Br2F2. The Kier molecular flexibility index (Phi) is 5.14. The Bertz CT molecular complexity index is 401. The molecule has 0 bridgehead atoms. The Hall–Kier alpha value is 0.0400. The second kappa shape index (κ2) is 5.79. The largest absolute Gasteiger partial charge is 0.207 e. The predicted molar refractivity (Wildman–Crippen MR) is 74.5 cm³/mol. The van der Waals surface area contributed by atoms with Gasteiger partial charge < -0.3 is 0 Å². The van der Waals surface area contributed by atoms with Gasteiger partial charge in [0.15, 0.2) is 0 Å². The summed E-state index contributed by atoms with van der Waals surface area (Å²) in [4.78, 5) is 0.329. The second-order valence-electron chi connectivity index (χ2n) is 5.15. The molecule has 0 N–H and O–H groups in total. The van der Waals surface area contributed by atoms with Gasteiger partial charge in [-0.05, 0) is 46.3 Å². The van der Waals surface area contributed by atoms with Crippen molar-refractivity contribution in [2.45, 2.75) is 38.4 Å². The molecule has 0 spiro atoms. The van der Waals surface area contributed by atoms with E-state index >= 15 is 0 Å². The zero-order valence-electron chi connectivity index (χ0n) is 10.2. The summed E-state index contributed by atoms with van der Waals surface area (Å²) in [5.74, 6) is -0.957. The summed E-state index contributed by atoms with van der Waals surface area (Å²) in [6.45, 7) is 6.07. The van der Waals surface area contributed by atoms with Crippen molar-refractivity contribution < 1.29 is 8.78 Å². The number of benzene rings is 1. The zero-order chi connectivity index (χ0) is 13.2. The molecule has 0 radical (unpaired) electrons. The lowest BCUT2D eigenvalue weighted by atomic mass is 9.81. The molecule has 0 aromatic heterocycles. The van der Waals surface area contributed by atoms with Crippen LogP contribution >= 0.6 is 31.9 Å². The number of alkyl halides is 1. The average Bonchev–Trinajstić information content (AvgIpc) is 2.17. The maximum absolute atomic E-state index is 13.8. The van der Waals surface area contributed by atoms with Crippen molar-refractivity contribution in [3.8, 4) is 0 Å². The molecule has 0 amide bonds. The molecule has 0 heterocycles. The summed E-state index contributed by atoms with van der Waals surface area (Å²) in [5, 5.41) is 0. The van der Waals surface area contributed by atoms with Crippen LogP contribution < -0.4 is 0 Å². The van der Waals surface area contributed by atoms with E-state index in [-0.39, 0.29) is 11.0 Å². The zero-order valence-corrected chi connectivity index (χ0v) is 13.3. The molecule has 0 aliphatic carbocycles. The van der Waals surface area contributed by atoms with Crippen molar-refractivity contribution >= 4 is 31.9 Å². The van der Waals surface area contributed by atoms with E-state index in [1.807, 2.05) is 20.8 Å². The highest BCUT2D eigenvalue weighted by atomic mass is 79.9. The Balaban J connectivity index is 2.99. The molecule has 0 nitrogen and oxygen atoms in total. The molecule has 1 aromatic rings. The summed E-state index contributed by atoms with van der Waals surface area (Å²) in [7, 11) is 0. The molecule has 1 unspecified atom stereocenters. The van der Waals surface area contributed by atoms with E-state index in [4.69, 9.17) is 0 Å². The molecule has 0 saturated heterocycles. The van der Waals surface area contributed by atoms with E-state index in [0.29, 0.717) is 15.7 Å². The van der Waals surface area contributed by atoms with Crippen LogP contribution in [0.4, 0.5) is 8.78 Å². The first-order valence-electron chi connectivity index (χ1n) is 5.49. The first-order valence-corrected chi connectivity index (χ1v) is 7.20.